The van der Waals surface area contributed by atoms with Crippen LogP contribution in [0.2, 0.25) is 0 Å². The molecule has 0 aliphatic carbocycles. The molecule has 1 aliphatic heterocycles. The average molecular weight is 212 g/mol. The molecule has 5 heteroatoms. The smallest absolute Gasteiger partial charge is 0.217 e. The van der Waals surface area contributed by atoms with Crippen LogP contribution in [0, 0.1) is 0 Å². The van der Waals surface area contributed by atoms with Crippen LogP contribution in [-0.2, 0) is 6.42 Å². The molecule has 0 spiro atoms. The van der Waals surface area contributed by atoms with Gasteiger partial charge < -0.3 is 0 Å². The van der Waals surface area contributed by atoms with Crippen LogP contribution in [0.1, 0.15) is 32.0 Å². The second-order valence-electron chi connectivity index (χ2n) is 3.53. The number of hydrazine groups is 1. The fraction of sp³-hybridized carbons (Fsp3) is 0.778. The zero-order valence-corrected chi connectivity index (χ0v) is 9.31. The van der Waals surface area contributed by atoms with Gasteiger partial charge in [-0.1, -0.05) is 13.3 Å². The van der Waals surface area contributed by atoms with Crippen molar-refractivity contribution in [1.82, 2.24) is 14.4 Å². The van der Waals surface area contributed by atoms with E-state index in [2.05, 4.69) is 26.7 Å². The molecular weight excluding hydrogens is 196 g/mol. The minimum absolute atomic E-state index is 0.915. The Labute approximate surface area is 88.5 Å². The number of anilines is 1. The summed E-state index contributed by atoms with van der Waals surface area (Å²) in [5, 5.41) is 3.17. The van der Waals surface area contributed by atoms with Gasteiger partial charge in [0.25, 0.3) is 0 Å². The van der Waals surface area contributed by atoms with Crippen LogP contribution < -0.4 is 5.43 Å². The van der Waals surface area contributed by atoms with Crippen LogP contribution in [0.15, 0.2) is 0 Å². The first-order chi connectivity index (χ1) is 6.88. The van der Waals surface area contributed by atoms with E-state index in [1.165, 1.54) is 30.8 Å². The lowest BCUT2D eigenvalue weighted by molar-refractivity contribution is 0.273. The fourth-order valence-corrected chi connectivity index (χ4v) is 2.26. The number of hydrogen-bond acceptors (Lipinski definition) is 5. The Kier molecular flexibility index (Phi) is 3.31. The van der Waals surface area contributed by atoms with E-state index in [1.54, 1.807) is 0 Å². The lowest BCUT2D eigenvalue weighted by Gasteiger charge is -2.26. The van der Waals surface area contributed by atoms with Crippen molar-refractivity contribution in [2.45, 2.75) is 32.6 Å². The minimum Gasteiger partial charge on any atom is -0.293 e. The number of aryl methyl sites for hydroxylation is 1. The zero-order valence-electron chi connectivity index (χ0n) is 8.49. The summed E-state index contributed by atoms with van der Waals surface area (Å²) < 4.78 is 4.24. The van der Waals surface area contributed by atoms with Crippen molar-refractivity contribution in [2.75, 3.05) is 18.5 Å². The summed E-state index contributed by atoms with van der Waals surface area (Å²) in [4.78, 5) is 4.38. The maximum absolute atomic E-state index is 4.38. The molecule has 1 aliphatic rings. The highest BCUT2D eigenvalue weighted by Gasteiger charge is 2.11. The second-order valence-corrected chi connectivity index (χ2v) is 4.28. The summed E-state index contributed by atoms with van der Waals surface area (Å²) in [6.45, 7) is 4.33. The number of rotatable bonds is 3. The summed E-state index contributed by atoms with van der Waals surface area (Å²) >= 11 is 1.45. The van der Waals surface area contributed by atoms with Gasteiger partial charge in [-0.15, -0.1) is 0 Å². The molecular formula is C9H16N4S. The summed E-state index contributed by atoms with van der Waals surface area (Å²) in [6.07, 6.45) is 4.84. The van der Waals surface area contributed by atoms with E-state index in [1.807, 2.05) is 0 Å². The van der Waals surface area contributed by atoms with Gasteiger partial charge in [0.05, 0.1) is 0 Å². The Morgan fingerprint density at radius 3 is 2.79 bits per heavy atom. The number of piperidine rings is 1. The Hall–Kier alpha value is -0.680. The Morgan fingerprint density at radius 1 is 1.36 bits per heavy atom. The van der Waals surface area contributed by atoms with Gasteiger partial charge in [0.15, 0.2) is 0 Å². The summed E-state index contributed by atoms with van der Waals surface area (Å²) in [6, 6.07) is 0. The molecule has 0 atom stereocenters. The lowest BCUT2D eigenvalue weighted by atomic mass is 10.2. The number of aromatic nitrogens is 2. The Bertz CT molecular complexity index is 280. The highest BCUT2D eigenvalue weighted by atomic mass is 32.1. The largest absolute Gasteiger partial charge is 0.293 e. The molecule has 1 aromatic heterocycles. The fourth-order valence-electron chi connectivity index (χ4n) is 1.58. The first-order valence-electron chi connectivity index (χ1n) is 5.22. The number of nitrogens with one attached hydrogen (secondary N) is 1. The quantitative estimate of drug-likeness (QED) is 0.831. The first-order valence-corrected chi connectivity index (χ1v) is 6.00. The maximum Gasteiger partial charge on any atom is 0.217 e. The van der Waals surface area contributed by atoms with Crippen molar-refractivity contribution in [3.63, 3.8) is 0 Å². The maximum atomic E-state index is 4.38. The molecule has 78 valence electrons. The highest BCUT2D eigenvalue weighted by molar-refractivity contribution is 7.09. The molecule has 1 saturated heterocycles. The van der Waals surface area contributed by atoms with Gasteiger partial charge in [0, 0.05) is 31.0 Å². The van der Waals surface area contributed by atoms with Crippen LogP contribution in [0.4, 0.5) is 5.13 Å². The van der Waals surface area contributed by atoms with E-state index in [0.29, 0.717) is 0 Å². The number of hydrogen-bond donors (Lipinski definition) is 1. The van der Waals surface area contributed by atoms with Crippen molar-refractivity contribution in [3.8, 4) is 0 Å². The zero-order chi connectivity index (χ0) is 9.80. The molecule has 1 N–H and O–H groups in total. The molecule has 0 radical (unpaired) electrons. The molecule has 0 aromatic carbocycles. The average Bonchev–Trinajstić information content (AvgIpc) is 2.67. The molecule has 0 saturated carbocycles. The third-order valence-corrected chi connectivity index (χ3v) is 3.05. The summed E-state index contributed by atoms with van der Waals surface area (Å²) in [7, 11) is 0. The standard InChI is InChI=1S/C9H16N4S/c1-2-8-10-9(14-12-8)11-13-6-4-3-5-7-13/h2-7H2,1H3,(H,10,11,12). The molecule has 1 fully saturated rings. The molecule has 0 amide bonds. The predicted octanol–water partition coefficient (Wildman–Crippen LogP) is 1.91. The third-order valence-electron chi connectivity index (χ3n) is 2.39. The Balaban J connectivity index is 1.89. The topological polar surface area (TPSA) is 41.1 Å². The highest BCUT2D eigenvalue weighted by Crippen LogP contribution is 2.15. The van der Waals surface area contributed by atoms with E-state index in [0.717, 1.165) is 30.5 Å². The van der Waals surface area contributed by atoms with Gasteiger partial charge in [0.1, 0.15) is 5.82 Å². The first kappa shape index (κ1) is 9.86. The molecule has 14 heavy (non-hydrogen) atoms. The van der Waals surface area contributed by atoms with Crippen molar-refractivity contribution in [2.24, 2.45) is 0 Å². The van der Waals surface area contributed by atoms with Crippen molar-refractivity contribution < 1.29 is 0 Å². The van der Waals surface area contributed by atoms with Crippen molar-refractivity contribution >= 4 is 16.7 Å². The Morgan fingerprint density at radius 2 is 2.14 bits per heavy atom. The van der Waals surface area contributed by atoms with Gasteiger partial charge in [-0.05, 0) is 12.8 Å². The van der Waals surface area contributed by atoms with Gasteiger partial charge in [-0.25, -0.2) is 9.99 Å². The second kappa shape index (κ2) is 4.70. The van der Waals surface area contributed by atoms with E-state index in [4.69, 9.17) is 0 Å². The normalized spacial score (nSPS) is 18.4. The van der Waals surface area contributed by atoms with E-state index in [9.17, 15) is 0 Å². The van der Waals surface area contributed by atoms with Gasteiger partial charge in [0.2, 0.25) is 5.13 Å². The van der Waals surface area contributed by atoms with Crippen molar-refractivity contribution in [3.05, 3.63) is 5.82 Å². The molecule has 1 aromatic rings. The van der Waals surface area contributed by atoms with E-state index < -0.39 is 0 Å². The lowest BCUT2D eigenvalue weighted by Crippen LogP contribution is -2.34. The molecule has 4 nitrogen and oxygen atoms in total. The van der Waals surface area contributed by atoms with Crippen LogP contribution >= 0.6 is 11.5 Å². The van der Waals surface area contributed by atoms with Gasteiger partial charge in [-0.2, -0.15) is 4.37 Å². The van der Waals surface area contributed by atoms with Crippen LogP contribution in [0.25, 0.3) is 0 Å². The molecule has 0 unspecified atom stereocenters. The third kappa shape index (κ3) is 2.42. The monoisotopic (exact) mass is 212 g/mol. The number of nitrogens with zero attached hydrogens (tertiary/aromatic N) is 3. The minimum atomic E-state index is 0.915. The molecule has 2 rings (SSSR count). The summed E-state index contributed by atoms with van der Waals surface area (Å²) in [5.41, 5.74) is 3.31. The van der Waals surface area contributed by atoms with Gasteiger partial charge in [-0.3, -0.25) is 5.43 Å². The molecule has 2 heterocycles. The van der Waals surface area contributed by atoms with Crippen LogP contribution in [0.5, 0.6) is 0 Å². The van der Waals surface area contributed by atoms with Crippen LogP contribution in [-0.4, -0.2) is 27.5 Å². The predicted molar refractivity (Wildman–Crippen MR) is 58.3 cm³/mol. The van der Waals surface area contributed by atoms with Crippen molar-refractivity contribution in [1.29, 1.82) is 0 Å². The van der Waals surface area contributed by atoms with E-state index >= 15 is 0 Å². The molecule has 0 bridgehead atoms. The van der Waals surface area contributed by atoms with E-state index in [-0.39, 0.29) is 0 Å². The SMILES string of the molecule is CCc1nsc(NN2CCCCC2)n1. The summed E-state index contributed by atoms with van der Waals surface area (Å²) in [5.74, 6) is 0.939. The van der Waals surface area contributed by atoms with Gasteiger partial charge >= 0.3 is 0 Å². The van der Waals surface area contributed by atoms with Crippen LogP contribution in [0.3, 0.4) is 0 Å².